The van der Waals surface area contributed by atoms with Crippen LogP contribution in [0.5, 0.6) is 0 Å². The molecule has 4 heteroatoms. The number of nitrogens with one attached hydrogen (secondary N) is 1. The van der Waals surface area contributed by atoms with Gasteiger partial charge in [0.25, 0.3) is 0 Å². The summed E-state index contributed by atoms with van der Waals surface area (Å²) in [6.45, 7) is 0. The van der Waals surface area contributed by atoms with Gasteiger partial charge in [-0.3, -0.25) is 9.59 Å². The molecule has 13 heavy (non-hydrogen) atoms. The zero-order valence-electron chi connectivity index (χ0n) is 7.32. The van der Waals surface area contributed by atoms with Crippen LogP contribution in [0, 0.1) is 11.8 Å². The van der Waals surface area contributed by atoms with Crippen molar-refractivity contribution in [1.82, 2.24) is 5.32 Å². The second-order valence-electron chi connectivity index (χ2n) is 3.91. The van der Waals surface area contributed by atoms with E-state index < -0.39 is 11.9 Å². The Hall–Kier alpha value is -1.06. The van der Waals surface area contributed by atoms with Gasteiger partial charge in [-0.25, -0.2) is 0 Å². The fourth-order valence-corrected chi connectivity index (χ4v) is 1.65. The summed E-state index contributed by atoms with van der Waals surface area (Å²) in [6.07, 6.45) is 3.49. The third-order valence-electron chi connectivity index (χ3n) is 2.85. The lowest BCUT2D eigenvalue weighted by atomic mass is 9.73. The summed E-state index contributed by atoms with van der Waals surface area (Å²) in [6, 6.07) is 0.336. The molecule has 0 bridgehead atoms. The number of carboxylic acid groups (broad SMARTS) is 1. The van der Waals surface area contributed by atoms with Crippen molar-refractivity contribution in [3.8, 4) is 0 Å². The number of aliphatic carboxylic acids is 1. The molecular formula is C9H13NO3. The highest BCUT2D eigenvalue weighted by Crippen LogP contribution is 2.35. The lowest BCUT2D eigenvalue weighted by molar-refractivity contribution is -0.152. The Balaban J connectivity index is 1.85. The second-order valence-corrected chi connectivity index (χ2v) is 3.91. The van der Waals surface area contributed by atoms with Crippen LogP contribution in [0.15, 0.2) is 0 Å². The summed E-state index contributed by atoms with van der Waals surface area (Å²) in [5.41, 5.74) is 0. The normalized spacial score (nSPS) is 32.0. The molecule has 0 aromatic rings. The molecule has 2 N–H and O–H groups in total. The van der Waals surface area contributed by atoms with Gasteiger partial charge in [0.15, 0.2) is 0 Å². The largest absolute Gasteiger partial charge is 0.481 e. The van der Waals surface area contributed by atoms with E-state index >= 15 is 0 Å². The fourth-order valence-electron chi connectivity index (χ4n) is 1.65. The van der Waals surface area contributed by atoms with E-state index in [1.807, 2.05) is 0 Å². The third-order valence-corrected chi connectivity index (χ3v) is 2.85. The minimum absolute atomic E-state index is 0.0545. The average molecular weight is 183 g/mol. The van der Waals surface area contributed by atoms with Crippen LogP contribution in [0.3, 0.4) is 0 Å². The Labute approximate surface area is 76.3 Å². The highest BCUT2D eigenvalue weighted by atomic mass is 16.4. The zero-order chi connectivity index (χ0) is 9.42. The molecule has 0 aliphatic heterocycles. The highest BCUT2D eigenvalue weighted by Gasteiger charge is 2.42. The van der Waals surface area contributed by atoms with Gasteiger partial charge in [-0.15, -0.1) is 0 Å². The predicted molar refractivity (Wildman–Crippen MR) is 45.0 cm³/mol. The topological polar surface area (TPSA) is 66.4 Å². The van der Waals surface area contributed by atoms with Crippen molar-refractivity contribution in [2.24, 2.45) is 11.8 Å². The van der Waals surface area contributed by atoms with Gasteiger partial charge < -0.3 is 10.4 Å². The van der Waals surface area contributed by atoms with Crippen molar-refractivity contribution < 1.29 is 14.7 Å². The van der Waals surface area contributed by atoms with E-state index in [9.17, 15) is 9.59 Å². The Bertz CT molecular complexity index is 247. The van der Waals surface area contributed by atoms with Crippen molar-refractivity contribution in [1.29, 1.82) is 0 Å². The van der Waals surface area contributed by atoms with Crippen LogP contribution >= 0.6 is 0 Å². The highest BCUT2D eigenvalue weighted by molar-refractivity contribution is 5.86. The molecule has 2 rings (SSSR count). The van der Waals surface area contributed by atoms with Crippen molar-refractivity contribution in [3.63, 3.8) is 0 Å². The van der Waals surface area contributed by atoms with E-state index in [2.05, 4.69) is 5.32 Å². The van der Waals surface area contributed by atoms with Gasteiger partial charge >= 0.3 is 5.97 Å². The summed E-state index contributed by atoms with van der Waals surface area (Å²) >= 11 is 0. The van der Waals surface area contributed by atoms with Gasteiger partial charge in [0, 0.05) is 6.04 Å². The van der Waals surface area contributed by atoms with E-state index in [4.69, 9.17) is 5.11 Å². The minimum Gasteiger partial charge on any atom is -0.481 e. The molecule has 0 saturated heterocycles. The maximum Gasteiger partial charge on any atom is 0.307 e. The molecule has 2 fully saturated rings. The number of rotatable bonds is 3. The fraction of sp³-hybridized carbons (Fsp3) is 0.778. The molecule has 0 aromatic heterocycles. The maximum absolute atomic E-state index is 11.4. The summed E-state index contributed by atoms with van der Waals surface area (Å²) in [5, 5.41) is 11.6. The van der Waals surface area contributed by atoms with Crippen LogP contribution in [0.25, 0.3) is 0 Å². The van der Waals surface area contributed by atoms with Crippen molar-refractivity contribution >= 4 is 11.9 Å². The first-order valence-electron chi connectivity index (χ1n) is 4.71. The van der Waals surface area contributed by atoms with Crippen LogP contribution < -0.4 is 5.32 Å². The quantitative estimate of drug-likeness (QED) is 0.664. The first-order valence-corrected chi connectivity index (χ1v) is 4.71. The predicted octanol–water partition coefficient (Wildman–Crippen LogP) is 0.376. The van der Waals surface area contributed by atoms with Gasteiger partial charge in [-0.2, -0.15) is 0 Å². The van der Waals surface area contributed by atoms with Crippen LogP contribution in [0.4, 0.5) is 0 Å². The smallest absolute Gasteiger partial charge is 0.307 e. The van der Waals surface area contributed by atoms with Crippen LogP contribution in [-0.2, 0) is 9.59 Å². The van der Waals surface area contributed by atoms with E-state index in [0.717, 1.165) is 19.3 Å². The number of carbonyl (C=O) groups is 2. The summed E-state index contributed by atoms with van der Waals surface area (Å²) in [5.74, 6) is -1.58. The molecular weight excluding hydrogens is 170 g/mol. The van der Waals surface area contributed by atoms with Crippen molar-refractivity contribution in [2.45, 2.75) is 31.7 Å². The molecule has 2 saturated carbocycles. The lowest BCUT2D eigenvalue weighted by Crippen LogP contribution is -2.44. The first kappa shape index (κ1) is 8.53. The molecule has 0 aromatic carbocycles. The molecule has 0 heterocycles. The van der Waals surface area contributed by atoms with E-state index in [-0.39, 0.29) is 11.8 Å². The van der Waals surface area contributed by atoms with Gasteiger partial charge in [0.05, 0.1) is 11.8 Å². The SMILES string of the molecule is O=C(O)C1CCC1C(=O)NC1CC1. The summed E-state index contributed by atoms with van der Waals surface area (Å²) in [7, 11) is 0. The standard InChI is InChI=1S/C9H13NO3/c11-8(10-5-1-2-5)6-3-4-7(6)9(12)13/h5-7H,1-4H2,(H,10,11)(H,12,13). The average Bonchev–Trinajstić information content (AvgIpc) is 2.66. The lowest BCUT2D eigenvalue weighted by Gasteiger charge is -2.31. The molecule has 2 unspecified atom stereocenters. The van der Waals surface area contributed by atoms with E-state index in [0.29, 0.717) is 12.5 Å². The second kappa shape index (κ2) is 3.01. The Kier molecular flexibility index (Phi) is 1.98. The van der Waals surface area contributed by atoms with Crippen LogP contribution in [-0.4, -0.2) is 23.0 Å². The molecule has 1 amide bonds. The van der Waals surface area contributed by atoms with Crippen LogP contribution in [0.2, 0.25) is 0 Å². The molecule has 2 atom stereocenters. The molecule has 2 aliphatic rings. The monoisotopic (exact) mass is 183 g/mol. The van der Waals surface area contributed by atoms with Crippen LogP contribution in [0.1, 0.15) is 25.7 Å². The number of amides is 1. The van der Waals surface area contributed by atoms with Gasteiger partial charge in [0.2, 0.25) is 5.91 Å². The number of carboxylic acids is 1. The van der Waals surface area contributed by atoms with Crippen molar-refractivity contribution in [2.75, 3.05) is 0 Å². The Morgan fingerprint density at radius 1 is 1.08 bits per heavy atom. The molecule has 72 valence electrons. The number of carbonyl (C=O) groups excluding carboxylic acids is 1. The van der Waals surface area contributed by atoms with Crippen molar-refractivity contribution in [3.05, 3.63) is 0 Å². The van der Waals surface area contributed by atoms with E-state index in [1.54, 1.807) is 0 Å². The molecule has 0 spiro atoms. The van der Waals surface area contributed by atoms with Gasteiger partial charge in [-0.1, -0.05) is 0 Å². The van der Waals surface area contributed by atoms with E-state index in [1.165, 1.54) is 0 Å². The molecule has 2 aliphatic carbocycles. The number of hydrogen-bond donors (Lipinski definition) is 2. The van der Waals surface area contributed by atoms with Gasteiger partial charge in [0.1, 0.15) is 0 Å². The molecule has 0 radical (unpaired) electrons. The Morgan fingerprint density at radius 3 is 2.08 bits per heavy atom. The third kappa shape index (κ3) is 1.66. The first-order chi connectivity index (χ1) is 6.18. The zero-order valence-corrected chi connectivity index (χ0v) is 7.32. The summed E-state index contributed by atoms with van der Waals surface area (Å²) in [4.78, 5) is 22.0. The molecule has 4 nitrogen and oxygen atoms in total. The maximum atomic E-state index is 11.4. The summed E-state index contributed by atoms with van der Waals surface area (Å²) < 4.78 is 0. The minimum atomic E-state index is -0.831. The number of hydrogen-bond acceptors (Lipinski definition) is 2. The van der Waals surface area contributed by atoms with Gasteiger partial charge in [-0.05, 0) is 25.7 Å². The Morgan fingerprint density at radius 2 is 1.69 bits per heavy atom.